The van der Waals surface area contributed by atoms with Crippen molar-refractivity contribution in [3.63, 3.8) is 0 Å². The number of para-hydroxylation sites is 1. The number of halogens is 1. The Balaban J connectivity index is 2.10. The van der Waals surface area contributed by atoms with Crippen molar-refractivity contribution in [2.45, 2.75) is 5.92 Å². The van der Waals surface area contributed by atoms with Gasteiger partial charge in [0.25, 0.3) is 0 Å². The van der Waals surface area contributed by atoms with Crippen molar-refractivity contribution in [2.75, 3.05) is 7.11 Å². The number of carbonyl (C=O) groups excluding carboxylic acids is 1. The maximum absolute atomic E-state index is 12.2. The largest absolute Gasteiger partial charge is 0.468 e. The second kappa shape index (κ2) is 5.62. The Morgan fingerprint density at radius 1 is 1.14 bits per heavy atom. The van der Waals surface area contributed by atoms with E-state index in [0.29, 0.717) is 5.02 Å². The highest BCUT2D eigenvalue weighted by molar-refractivity contribution is 6.30. The van der Waals surface area contributed by atoms with Crippen molar-refractivity contribution in [1.29, 1.82) is 0 Å². The van der Waals surface area contributed by atoms with Crippen LogP contribution in [0.15, 0.2) is 54.6 Å². The average Bonchev–Trinajstić information content (AvgIpc) is 2.92. The number of esters is 1. The molecule has 0 aliphatic heterocycles. The van der Waals surface area contributed by atoms with Crippen LogP contribution in [0.4, 0.5) is 0 Å². The number of hydrogen-bond donors (Lipinski definition) is 1. The fourth-order valence-corrected chi connectivity index (χ4v) is 2.59. The van der Waals surface area contributed by atoms with Crippen LogP contribution in [0.5, 0.6) is 0 Å². The molecule has 0 aliphatic carbocycles. The lowest BCUT2D eigenvalue weighted by atomic mass is 9.96. The van der Waals surface area contributed by atoms with E-state index in [9.17, 15) is 4.79 Å². The van der Waals surface area contributed by atoms with Gasteiger partial charge in [-0.2, -0.15) is 0 Å². The zero-order valence-electron chi connectivity index (χ0n) is 11.5. The molecular formula is C17H14ClNO2. The molecule has 3 aromatic rings. The maximum Gasteiger partial charge on any atom is 0.319 e. The SMILES string of the molecule is COC(=O)C(c1ccc(Cl)cc1)c1cc2ccccc2[nH]1. The van der Waals surface area contributed by atoms with Crippen molar-refractivity contribution >= 4 is 28.5 Å². The minimum Gasteiger partial charge on any atom is -0.468 e. The summed E-state index contributed by atoms with van der Waals surface area (Å²) in [6.45, 7) is 0. The number of benzene rings is 2. The van der Waals surface area contributed by atoms with Gasteiger partial charge in [-0.1, -0.05) is 41.9 Å². The van der Waals surface area contributed by atoms with Gasteiger partial charge < -0.3 is 9.72 Å². The van der Waals surface area contributed by atoms with Gasteiger partial charge in [0.1, 0.15) is 5.92 Å². The lowest BCUT2D eigenvalue weighted by Crippen LogP contribution is -2.16. The van der Waals surface area contributed by atoms with Crippen LogP contribution in [0.1, 0.15) is 17.2 Å². The van der Waals surface area contributed by atoms with E-state index in [-0.39, 0.29) is 5.97 Å². The van der Waals surface area contributed by atoms with Gasteiger partial charge in [0.2, 0.25) is 0 Å². The molecule has 0 aliphatic rings. The van der Waals surface area contributed by atoms with Crippen molar-refractivity contribution < 1.29 is 9.53 Å². The fraction of sp³-hybridized carbons (Fsp3) is 0.118. The van der Waals surface area contributed by atoms with Crippen LogP contribution >= 0.6 is 11.6 Å². The molecule has 2 aromatic carbocycles. The molecule has 3 nitrogen and oxygen atoms in total. The lowest BCUT2D eigenvalue weighted by molar-refractivity contribution is -0.141. The summed E-state index contributed by atoms with van der Waals surface area (Å²) in [5, 5.41) is 1.70. The number of aromatic amines is 1. The number of rotatable bonds is 3. The Hall–Kier alpha value is -2.26. The topological polar surface area (TPSA) is 42.1 Å². The van der Waals surface area contributed by atoms with Crippen LogP contribution < -0.4 is 0 Å². The number of methoxy groups -OCH3 is 1. The van der Waals surface area contributed by atoms with Crippen LogP contribution in [0.25, 0.3) is 10.9 Å². The Kier molecular flexibility index (Phi) is 3.67. The molecule has 1 N–H and O–H groups in total. The van der Waals surface area contributed by atoms with Gasteiger partial charge in [-0.15, -0.1) is 0 Å². The van der Waals surface area contributed by atoms with E-state index in [1.807, 2.05) is 42.5 Å². The zero-order chi connectivity index (χ0) is 14.8. The standard InChI is InChI=1S/C17H14ClNO2/c1-21-17(20)16(11-6-8-13(18)9-7-11)15-10-12-4-2-3-5-14(12)19-15/h2-10,16,19H,1H3. The number of H-pyrrole nitrogens is 1. The molecule has 0 bridgehead atoms. The van der Waals surface area contributed by atoms with Gasteiger partial charge >= 0.3 is 5.97 Å². The normalized spacial score (nSPS) is 12.3. The minimum atomic E-state index is -0.486. The average molecular weight is 300 g/mol. The van der Waals surface area contributed by atoms with E-state index in [4.69, 9.17) is 16.3 Å². The van der Waals surface area contributed by atoms with Crippen LogP contribution in [0.2, 0.25) is 5.02 Å². The molecule has 106 valence electrons. The molecule has 3 rings (SSSR count). The number of carbonyl (C=O) groups is 1. The molecular weight excluding hydrogens is 286 g/mol. The summed E-state index contributed by atoms with van der Waals surface area (Å²) in [4.78, 5) is 15.5. The van der Waals surface area contributed by atoms with Gasteiger partial charge in [0, 0.05) is 16.2 Å². The summed E-state index contributed by atoms with van der Waals surface area (Å²) in [6, 6.07) is 17.1. The molecule has 1 heterocycles. The highest BCUT2D eigenvalue weighted by Crippen LogP contribution is 2.29. The summed E-state index contributed by atoms with van der Waals surface area (Å²) in [5.74, 6) is -0.788. The molecule has 1 atom stereocenters. The quantitative estimate of drug-likeness (QED) is 0.739. The van der Waals surface area contributed by atoms with Crippen molar-refractivity contribution in [3.05, 3.63) is 70.9 Å². The molecule has 0 amide bonds. The number of aromatic nitrogens is 1. The molecule has 0 radical (unpaired) electrons. The van der Waals surface area contributed by atoms with Crippen molar-refractivity contribution in [3.8, 4) is 0 Å². The van der Waals surface area contributed by atoms with Gasteiger partial charge in [0.15, 0.2) is 0 Å². The first-order chi connectivity index (χ1) is 10.2. The van der Waals surface area contributed by atoms with Gasteiger partial charge in [-0.25, -0.2) is 0 Å². The Morgan fingerprint density at radius 2 is 1.86 bits per heavy atom. The van der Waals surface area contributed by atoms with E-state index in [1.54, 1.807) is 12.1 Å². The summed E-state index contributed by atoms with van der Waals surface area (Å²) >= 11 is 5.92. The minimum absolute atomic E-state index is 0.302. The molecule has 0 saturated heterocycles. The fourth-order valence-electron chi connectivity index (χ4n) is 2.47. The third kappa shape index (κ3) is 2.65. The molecule has 4 heteroatoms. The second-order valence-electron chi connectivity index (χ2n) is 4.82. The second-order valence-corrected chi connectivity index (χ2v) is 5.26. The molecule has 0 saturated carbocycles. The Morgan fingerprint density at radius 3 is 2.52 bits per heavy atom. The first-order valence-corrected chi connectivity index (χ1v) is 6.98. The van der Waals surface area contributed by atoms with Crippen LogP contribution in [-0.4, -0.2) is 18.1 Å². The number of nitrogens with one attached hydrogen (secondary N) is 1. The Bertz CT molecular complexity index is 744. The van der Waals surface area contributed by atoms with Crippen LogP contribution in [0.3, 0.4) is 0 Å². The molecule has 0 spiro atoms. The predicted molar refractivity (Wildman–Crippen MR) is 83.6 cm³/mol. The first kappa shape index (κ1) is 13.7. The van der Waals surface area contributed by atoms with E-state index >= 15 is 0 Å². The summed E-state index contributed by atoms with van der Waals surface area (Å²) in [7, 11) is 1.40. The summed E-state index contributed by atoms with van der Waals surface area (Å²) in [6.07, 6.45) is 0. The van der Waals surface area contributed by atoms with E-state index in [1.165, 1.54) is 7.11 Å². The van der Waals surface area contributed by atoms with Crippen molar-refractivity contribution in [2.24, 2.45) is 0 Å². The van der Waals surface area contributed by atoms with Crippen LogP contribution in [0, 0.1) is 0 Å². The summed E-state index contributed by atoms with van der Waals surface area (Å²) < 4.78 is 4.96. The molecule has 1 aromatic heterocycles. The number of ether oxygens (including phenoxy) is 1. The Labute approximate surface area is 127 Å². The number of fused-ring (bicyclic) bond motifs is 1. The molecule has 1 unspecified atom stereocenters. The van der Waals surface area contributed by atoms with Gasteiger partial charge in [-0.3, -0.25) is 4.79 Å². The number of hydrogen-bond acceptors (Lipinski definition) is 2. The predicted octanol–water partition coefficient (Wildman–Crippen LogP) is 4.13. The maximum atomic E-state index is 12.2. The van der Waals surface area contributed by atoms with Crippen LogP contribution in [-0.2, 0) is 9.53 Å². The third-order valence-corrected chi connectivity index (χ3v) is 3.75. The molecule has 0 fully saturated rings. The smallest absolute Gasteiger partial charge is 0.319 e. The van der Waals surface area contributed by atoms with E-state index < -0.39 is 5.92 Å². The first-order valence-electron chi connectivity index (χ1n) is 6.60. The highest BCUT2D eigenvalue weighted by Gasteiger charge is 2.25. The third-order valence-electron chi connectivity index (χ3n) is 3.50. The van der Waals surface area contributed by atoms with Crippen molar-refractivity contribution in [1.82, 2.24) is 4.98 Å². The summed E-state index contributed by atoms with van der Waals surface area (Å²) in [5.41, 5.74) is 2.65. The zero-order valence-corrected chi connectivity index (χ0v) is 12.2. The van der Waals surface area contributed by atoms with Gasteiger partial charge in [0.05, 0.1) is 7.11 Å². The highest BCUT2D eigenvalue weighted by atomic mass is 35.5. The van der Waals surface area contributed by atoms with Gasteiger partial charge in [-0.05, 0) is 35.2 Å². The monoisotopic (exact) mass is 299 g/mol. The van der Waals surface area contributed by atoms with E-state index in [2.05, 4.69) is 4.98 Å². The molecule has 21 heavy (non-hydrogen) atoms. The lowest BCUT2D eigenvalue weighted by Gasteiger charge is -2.13. The van der Waals surface area contributed by atoms with E-state index in [0.717, 1.165) is 22.2 Å².